The Morgan fingerprint density at radius 1 is 1.32 bits per heavy atom. The van der Waals surface area contributed by atoms with Gasteiger partial charge >= 0.3 is 0 Å². The minimum atomic E-state index is -0.428. The predicted octanol–water partition coefficient (Wildman–Crippen LogP) is 1.80. The van der Waals surface area contributed by atoms with Crippen molar-refractivity contribution >= 4 is 23.6 Å². The maximum absolute atomic E-state index is 13.7. The number of rotatable bonds is 5. The van der Waals surface area contributed by atoms with Gasteiger partial charge in [-0.25, -0.2) is 4.39 Å². The molecular formula is C16H19FN2O2S. The number of hydrogen-bond acceptors (Lipinski definition) is 3. The summed E-state index contributed by atoms with van der Waals surface area (Å²) in [6.07, 6.45) is 2.35. The average molecular weight is 322 g/mol. The van der Waals surface area contributed by atoms with Crippen LogP contribution in [0.4, 0.5) is 4.39 Å². The minimum Gasteiger partial charge on any atom is -0.354 e. The Bertz CT molecular complexity index is 577. The van der Waals surface area contributed by atoms with Crippen molar-refractivity contribution in [1.29, 1.82) is 0 Å². The van der Waals surface area contributed by atoms with Gasteiger partial charge in [-0.05, 0) is 30.4 Å². The van der Waals surface area contributed by atoms with Gasteiger partial charge in [0.15, 0.2) is 0 Å². The zero-order chi connectivity index (χ0) is 15.5. The Morgan fingerprint density at radius 2 is 2.09 bits per heavy atom. The van der Waals surface area contributed by atoms with E-state index >= 15 is 0 Å². The van der Waals surface area contributed by atoms with Crippen molar-refractivity contribution in [3.63, 3.8) is 0 Å². The standard InChI is InChI=1S/C16H19FN2O2S/c17-13-4-2-1-3-12(13)7-15(20)19-10-22-9-14(19)16(21)18-8-11-5-6-11/h1-4,11,14H,5-10H2,(H,18,21)/t14-/m1/s1. The van der Waals surface area contributed by atoms with E-state index in [1.807, 2.05) is 0 Å². The molecule has 6 heteroatoms. The lowest BCUT2D eigenvalue weighted by Crippen LogP contribution is -2.48. The van der Waals surface area contributed by atoms with E-state index < -0.39 is 6.04 Å². The van der Waals surface area contributed by atoms with Crippen LogP contribution in [0.1, 0.15) is 18.4 Å². The van der Waals surface area contributed by atoms with Gasteiger partial charge in [-0.15, -0.1) is 11.8 Å². The number of halogens is 1. The minimum absolute atomic E-state index is 0.000359. The van der Waals surface area contributed by atoms with E-state index in [1.54, 1.807) is 34.9 Å². The molecule has 1 saturated heterocycles. The topological polar surface area (TPSA) is 49.4 Å². The molecule has 1 saturated carbocycles. The maximum Gasteiger partial charge on any atom is 0.243 e. The lowest BCUT2D eigenvalue weighted by atomic mass is 10.1. The molecular weight excluding hydrogens is 303 g/mol. The number of nitrogens with one attached hydrogen (secondary N) is 1. The van der Waals surface area contributed by atoms with Crippen LogP contribution in [-0.2, 0) is 16.0 Å². The molecule has 1 aromatic carbocycles. The number of thioether (sulfide) groups is 1. The molecule has 1 N–H and O–H groups in total. The Labute approximate surface area is 133 Å². The molecule has 1 aliphatic heterocycles. The third kappa shape index (κ3) is 3.61. The van der Waals surface area contributed by atoms with Gasteiger partial charge in [0.2, 0.25) is 11.8 Å². The van der Waals surface area contributed by atoms with Gasteiger partial charge in [0, 0.05) is 12.3 Å². The van der Waals surface area contributed by atoms with Gasteiger partial charge in [-0.1, -0.05) is 18.2 Å². The van der Waals surface area contributed by atoms with Gasteiger partial charge in [0.25, 0.3) is 0 Å². The third-order valence-corrected chi connectivity index (χ3v) is 5.08. The van der Waals surface area contributed by atoms with Crippen molar-refractivity contribution in [3.8, 4) is 0 Å². The molecule has 1 atom stereocenters. The van der Waals surface area contributed by atoms with Gasteiger partial charge in [0.05, 0.1) is 12.3 Å². The smallest absolute Gasteiger partial charge is 0.243 e. The molecule has 118 valence electrons. The second-order valence-corrected chi connectivity index (χ2v) is 6.84. The normalized spacial score (nSPS) is 21.0. The predicted molar refractivity (Wildman–Crippen MR) is 83.8 cm³/mol. The molecule has 1 aliphatic carbocycles. The van der Waals surface area contributed by atoms with E-state index in [9.17, 15) is 14.0 Å². The van der Waals surface area contributed by atoms with Crippen LogP contribution in [-0.4, -0.2) is 40.9 Å². The summed E-state index contributed by atoms with van der Waals surface area (Å²) in [6, 6.07) is 5.84. The van der Waals surface area contributed by atoms with Crippen molar-refractivity contribution < 1.29 is 14.0 Å². The van der Waals surface area contributed by atoms with E-state index in [4.69, 9.17) is 0 Å². The van der Waals surface area contributed by atoms with Crippen molar-refractivity contribution in [2.45, 2.75) is 25.3 Å². The van der Waals surface area contributed by atoms with Gasteiger partial charge in [-0.3, -0.25) is 9.59 Å². The van der Waals surface area contributed by atoms with Crippen LogP contribution in [0.3, 0.4) is 0 Å². The third-order valence-electron chi connectivity index (χ3n) is 4.07. The number of hydrogen-bond donors (Lipinski definition) is 1. The fourth-order valence-corrected chi connectivity index (χ4v) is 3.68. The molecule has 2 amide bonds. The molecule has 0 radical (unpaired) electrons. The molecule has 0 spiro atoms. The molecule has 2 fully saturated rings. The first-order valence-electron chi connectivity index (χ1n) is 7.53. The summed E-state index contributed by atoms with van der Waals surface area (Å²) in [5.74, 6) is 1.06. The number of carbonyl (C=O) groups excluding carboxylic acids is 2. The van der Waals surface area contributed by atoms with E-state index in [2.05, 4.69) is 5.32 Å². The molecule has 1 aromatic rings. The molecule has 0 aromatic heterocycles. The van der Waals surface area contributed by atoms with Crippen molar-refractivity contribution in [2.24, 2.45) is 5.92 Å². The van der Waals surface area contributed by atoms with E-state index in [1.165, 1.54) is 18.9 Å². The lowest BCUT2D eigenvalue weighted by Gasteiger charge is -2.23. The number of benzene rings is 1. The highest BCUT2D eigenvalue weighted by molar-refractivity contribution is 7.99. The van der Waals surface area contributed by atoms with Crippen molar-refractivity contribution in [3.05, 3.63) is 35.6 Å². The average Bonchev–Trinajstić information content (AvgIpc) is 3.21. The Morgan fingerprint density at radius 3 is 2.82 bits per heavy atom. The van der Waals surface area contributed by atoms with Gasteiger partial charge < -0.3 is 10.2 Å². The fourth-order valence-electron chi connectivity index (χ4n) is 2.50. The summed E-state index contributed by atoms with van der Waals surface area (Å²) in [4.78, 5) is 26.2. The number of nitrogens with zero attached hydrogens (tertiary/aromatic N) is 1. The number of amides is 2. The van der Waals surface area contributed by atoms with E-state index in [0.717, 1.165) is 0 Å². The summed E-state index contributed by atoms with van der Waals surface area (Å²) < 4.78 is 13.7. The fraction of sp³-hybridized carbons (Fsp3) is 0.500. The summed E-state index contributed by atoms with van der Waals surface area (Å²) >= 11 is 1.56. The second kappa shape index (κ2) is 6.69. The quantitative estimate of drug-likeness (QED) is 0.899. The van der Waals surface area contributed by atoms with Crippen LogP contribution in [0.2, 0.25) is 0 Å². The second-order valence-electron chi connectivity index (χ2n) is 5.84. The first kappa shape index (κ1) is 15.3. The van der Waals surface area contributed by atoms with Crippen molar-refractivity contribution in [1.82, 2.24) is 10.2 Å². The van der Waals surface area contributed by atoms with Crippen LogP contribution in [0, 0.1) is 11.7 Å². The summed E-state index contributed by atoms with van der Waals surface area (Å²) in [6.45, 7) is 0.704. The van der Waals surface area contributed by atoms with E-state index in [0.29, 0.717) is 29.7 Å². The first-order chi connectivity index (χ1) is 10.6. The first-order valence-corrected chi connectivity index (χ1v) is 8.69. The van der Waals surface area contributed by atoms with Crippen LogP contribution in [0.5, 0.6) is 0 Å². The molecule has 0 bridgehead atoms. The van der Waals surface area contributed by atoms with Gasteiger partial charge in [-0.2, -0.15) is 0 Å². The monoisotopic (exact) mass is 322 g/mol. The van der Waals surface area contributed by atoms with Crippen LogP contribution in [0.25, 0.3) is 0 Å². The molecule has 1 heterocycles. The largest absolute Gasteiger partial charge is 0.354 e. The molecule has 4 nitrogen and oxygen atoms in total. The zero-order valence-corrected chi connectivity index (χ0v) is 13.1. The van der Waals surface area contributed by atoms with Crippen LogP contribution >= 0.6 is 11.8 Å². The zero-order valence-electron chi connectivity index (χ0n) is 12.3. The highest BCUT2D eigenvalue weighted by Crippen LogP contribution is 2.28. The Balaban J connectivity index is 1.60. The molecule has 22 heavy (non-hydrogen) atoms. The van der Waals surface area contributed by atoms with Gasteiger partial charge in [0.1, 0.15) is 11.9 Å². The highest BCUT2D eigenvalue weighted by Gasteiger charge is 2.35. The summed E-state index contributed by atoms with van der Waals surface area (Å²) in [5, 5.41) is 2.93. The lowest BCUT2D eigenvalue weighted by molar-refractivity contribution is -0.137. The van der Waals surface area contributed by atoms with E-state index in [-0.39, 0.29) is 24.1 Å². The summed E-state index contributed by atoms with van der Waals surface area (Å²) in [7, 11) is 0. The highest BCUT2D eigenvalue weighted by atomic mass is 32.2. The molecule has 0 unspecified atom stereocenters. The van der Waals surface area contributed by atoms with Crippen LogP contribution in [0.15, 0.2) is 24.3 Å². The SMILES string of the molecule is O=C(NCC1CC1)[C@H]1CSCN1C(=O)Cc1ccccc1F. The van der Waals surface area contributed by atoms with Crippen molar-refractivity contribution in [2.75, 3.05) is 18.2 Å². The molecule has 3 rings (SSSR count). The number of carbonyl (C=O) groups is 2. The molecule has 2 aliphatic rings. The Hall–Kier alpha value is -1.56. The summed E-state index contributed by atoms with van der Waals surface area (Å²) in [5.41, 5.74) is 0.376. The maximum atomic E-state index is 13.7. The Kier molecular flexibility index (Phi) is 4.66. The van der Waals surface area contributed by atoms with Crippen LogP contribution < -0.4 is 5.32 Å².